The van der Waals surface area contributed by atoms with Crippen LogP contribution in [0.4, 0.5) is 10.5 Å². The van der Waals surface area contributed by atoms with Gasteiger partial charge in [-0.1, -0.05) is 0 Å². The van der Waals surface area contributed by atoms with Crippen LogP contribution in [0, 0.1) is 6.92 Å². The smallest absolute Gasteiger partial charge is 0.407 e. The van der Waals surface area contributed by atoms with Crippen LogP contribution in [0.2, 0.25) is 0 Å². The topological polar surface area (TPSA) is 124 Å². The molecule has 0 saturated carbocycles. The molecule has 28 heavy (non-hydrogen) atoms. The lowest BCUT2D eigenvalue weighted by Crippen LogP contribution is -2.37. The highest BCUT2D eigenvalue weighted by atomic mass is 16.6. The van der Waals surface area contributed by atoms with E-state index in [1.807, 2.05) is 6.92 Å². The van der Waals surface area contributed by atoms with Crippen LogP contribution in [0.1, 0.15) is 39.2 Å². The van der Waals surface area contributed by atoms with Crippen molar-refractivity contribution in [2.24, 2.45) is 5.73 Å². The van der Waals surface area contributed by atoms with Crippen molar-refractivity contribution in [1.82, 2.24) is 5.32 Å². The average Bonchev–Trinajstić information content (AvgIpc) is 2.56. The van der Waals surface area contributed by atoms with Gasteiger partial charge in [0, 0.05) is 29.8 Å². The molecule has 0 fully saturated rings. The van der Waals surface area contributed by atoms with Crippen LogP contribution in [0.3, 0.4) is 0 Å². The highest BCUT2D eigenvalue weighted by molar-refractivity contribution is 5.96. The normalized spacial score (nSPS) is 12.5. The molecule has 0 radical (unpaired) electrons. The van der Waals surface area contributed by atoms with Crippen molar-refractivity contribution in [3.05, 3.63) is 40.2 Å². The van der Waals surface area contributed by atoms with Gasteiger partial charge in [0.25, 0.3) is 0 Å². The van der Waals surface area contributed by atoms with Crippen LogP contribution in [0.5, 0.6) is 0 Å². The van der Waals surface area contributed by atoms with Gasteiger partial charge in [-0.05, 0) is 58.2 Å². The molecule has 0 aliphatic rings. The number of ether oxygens (including phenoxy) is 1. The van der Waals surface area contributed by atoms with Crippen molar-refractivity contribution >= 4 is 28.7 Å². The van der Waals surface area contributed by atoms with Crippen LogP contribution in [0.15, 0.2) is 33.5 Å². The molecule has 0 spiro atoms. The van der Waals surface area contributed by atoms with Gasteiger partial charge in [0.2, 0.25) is 5.91 Å². The Morgan fingerprint density at radius 3 is 2.64 bits per heavy atom. The maximum Gasteiger partial charge on any atom is 0.407 e. The lowest BCUT2D eigenvalue weighted by atomic mass is 10.1. The first-order chi connectivity index (χ1) is 13.0. The fourth-order valence-corrected chi connectivity index (χ4v) is 2.60. The summed E-state index contributed by atoms with van der Waals surface area (Å²) in [6.45, 7) is 7.53. The number of carbonyl (C=O) groups is 2. The summed E-state index contributed by atoms with van der Waals surface area (Å²) in [5.74, 6) is -0.355. The zero-order chi connectivity index (χ0) is 20.9. The van der Waals surface area contributed by atoms with Crippen molar-refractivity contribution in [2.75, 3.05) is 11.9 Å². The average molecular weight is 389 g/mol. The molecule has 0 aliphatic carbocycles. The number of anilines is 1. The lowest BCUT2D eigenvalue weighted by molar-refractivity contribution is -0.117. The van der Waals surface area contributed by atoms with Crippen LogP contribution in [-0.4, -0.2) is 30.2 Å². The summed E-state index contributed by atoms with van der Waals surface area (Å²) in [4.78, 5) is 35.3. The Morgan fingerprint density at radius 1 is 1.25 bits per heavy atom. The standard InChI is InChI=1S/C20H27N3O5/c1-12-10-17(24)27-16-11-13(7-8-14(12)16)23-18(25)15(21)6-5-9-22-19(26)28-20(2,3)4/h7-8,10-11,15H,5-6,9,21H2,1-4H3,(H,22,26)(H,23,25). The Bertz CT molecular complexity index is 914. The van der Waals surface area contributed by atoms with Gasteiger partial charge in [-0.3, -0.25) is 4.79 Å². The number of rotatable bonds is 6. The van der Waals surface area contributed by atoms with Gasteiger partial charge < -0.3 is 25.5 Å². The quantitative estimate of drug-likeness (QED) is 0.515. The maximum atomic E-state index is 12.3. The Hall–Kier alpha value is -2.87. The SMILES string of the molecule is Cc1cc(=O)oc2cc(NC(=O)C(N)CCCNC(=O)OC(C)(C)C)ccc12. The van der Waals surface area contributed by atoms with Gasteiger partial charge >= 0.3 is 11.7 Å². The molecule has 4 N–H and O–H groups in total. The highest BCUT2D eigenvalue weighted by Gasteiger charge is 2.17. The first kappa shape index (κ1) is 21.4. The predicted octanol–water partition coefficient (Wildman–Crippen LogP) is 2.67. The Labute approximate surface area is 163 Å². The number of alkyl carbamates (subject to hydrolysis) is 1. The van der Waals surface area contributed by atoms with Crippen molar-refractivity contribution in [1.29, 1.82) is 0 Å². The number of nitrogens with one attached hydrogen (secondary N) is 2. The molecule has 2 amide bonds. The van der Waals surface area contributed by atoms with E-state index in [1.54, 1.807) is 39.0 Å². The third-order valence-electron chi connectivity index (χ3n) is 3.92. The Kier molecular flexibility index (Phi) is 6.80. The number of carbonyl (C=O) groups excluding carboxylic acids is 2. The second kappa shape index (κ2) is 8.88. The van der Waals surface area contributed by atoms with Gasteiger partial charge in [-0.15, -0.1) is 0 Å². The van der Waals surface area contributed by atoms with Crippen molar-refractivity contribution in [2.45, 2.75) is 52.2 Å². The largest absolute Gasteiger partial charge is 0.444 e. The molecule has 0 bridgehead atoms. The number of benzene rings is 1. The molecule has 0 aliphatic heterocycles. The Morgan fingerprint density at radius 2 is 1.96 bits per heavy atom. The second-order valence-electron chi connectivity index (χ2n) is 7.63. The van der Waals surface area contributed by atoms with Gasteiger partial charge in [0.05, 0.1) is 6.04 Å². The first-order valence-electron chi connectivity index (χ1n) is 9.13. The van der Waals surface area contributed by atoms with Gasteiger partial charge in [-0.2, -0.15) is 0 Å². The van der Waals surface area contributed by atoms with Crippen LogP contribution < -0.4 is 22.0 Å². The van der Waals surface area contributed by atoms with E-state index >= 15 is 0 Å². The molecule has 152 valence electrons. The van der Waals surface area contributed by atoms with Gasteiger partial charge in [0.15, 0.2) is 0 Å². The zero-order valence-electron chi connectivity index (χ0n) is 16.6. The maximum absolute atomic E-state index is 12.3. The van der Waals surface area contributed by atoms with E-state index in [2.05, 4.69) is 10.6 Å². The van der Waals surface area contributed by atoms with Crippen molar-refractivity contribution in [3.8, 4) is 0 Å². The van der Waals surface area contributed by atoms with Crippen LogP contribution >= 0.6 is 0 Å². The number of hydrogen-bond donors (Lipinski definition) is 3. The number of fused-ring (bicyclic) bond motifs is 1. The molecular weight excluding hydrogens is 362 g/mol. The summed E-state index contributed by atoms with van der Waals surface area (Å²) < 4.78 is 10.3. The molecule has 1 aromatic carbocycles. The fourth-order valence-electron chi connectivity index (χ4n) is 2.60. The minimum absolute atomic E-state index is 0.355. The molecule has 1 unspecified atom stereocenters. The zero-order valence-corrected chi connectivity index (χ0v) is 16.6. The van der Waals surface area contributed by atoms with E-state index in [-0.39, 0.29) is 5.91 Å². The second-order valence-corrected chi connectivity index (χ2v) is 7.63. The van der Waals surface area contributed by atoms with E-state index < -0.39 is 23.4 Å². The number of aryl methyl sites for hydroxylation is 1. The minimum atomic E-state index is -0.736. The summed E-state index contributed by atoms with van der Waals surface area (Å²) in [5.41, 5.74) is 6.61. The highest BCUT2D eigenvalue weighted by Crippen LogP contribution is 2.20. The van der Waals surface area contributed by atoms with E-state index in [4.69, 9.17) is 14.9 Å². The molecular formula is C20H27N3O5. The van der Waals surface area contributed by atoms with E-state index in [0.29, 0.717) is 30.7 Å². The van der Waals surface area contributed by atoms with E-state index in [1.165, 1.54) is 6.07 Å². The predicted molar refractivity (Wildman–Crippen MR) is 107 cm³/mol. The molecule has 0 saturated heterocycles. The summed E-state index contributed by atoms with van der Waals surface area (Å²) >= 11 is 0. The summed E-state index contributed by atoms with van der Waals surface area (Å²) in [7, 11) is 0. The van der Waals surface area contributed by atoms with Crippen molar-refractivity contribution in [3.63, 3.8) is 0 Å². The molecule has 2 rings (SSSR count). The molecule has 1 aromatic heterocycles. The number of hydrogen-bond acceptors (Lipinski definition) is 6. The molecule has 8 heteroatoms. The fraction of sp³-hybridized carbons (Fsp3) is 0.450. The molecule has 8 nitrogen and oxygen atoms in total. The lowest BCUT2D eigenvalue weighted by Gasteiger charge is -2.19. The van der Waals surface area contributed by atoms with Crippen LogP contribution in [-0.2, 0) is 9.53 Å². The molecule has 1 heterocycles. The minimum Gasteiger partial charge on any atom is -0.444 e. The first-order valence-corrected chi connectivity index (χ1v) is 9.13. The number of nitrogens with two attached hydrogens (primary N) is 1. The monoisotopic (exact) mass is 389 g/mol. The molecule has 1 atom stereocenters. The summed E-state index contributed by atoms with van der Waals surface area (Å²) in [5, 5.41) is 6.14. The van der Waals surface area contributed by atoms with E-state index in [9.17, 15) is 14.4 Å². The summed E-state index contributed by atoms with van der Waals surface area (Å²) in [6, 6.07) is 5.78. The van der Waals surface area contributed by atoms with Crippen molar-refractivity contribution < 1.29 is 18.7 Å². The summed E-state index contributed by atoms with van der Waals surface area (Å²) in [6.07, 6.45) is 0.418. The third-order valence-corrected chi connectivity index (χ3v) is 3.92. The third kappa shape index (κ3) is 6.38. The van der Waals surface area contributed by atoms with Gasteiger partial charge in [-0.25, -0.2) is 9.59 Å². The van der Waals surface area contributed by atoms with Crippen LogP contribution in [0.25, 0.3) is 11.0 Å². The molecule has 2 aromatic rings. The number of amides is 2. The Balaban J connectivity index is 1.84. The van der Waals surface area contributed by atoms with Gasteiger partial charge in [0.1, 0.15) is 11.2 Å². The van der Waals surface area contributed by atoms with E-state index in [0.717, 1.165) is 10.9 Å².